The normalized spacial score (nSPS) is 35.8. The van der Waals surface area contributed by atoms with Crippen LogP contribution < -0.4 is 0 Å². The summed E-state index contributed by atoms with van der Waals surface area (Å²) in [5.74, 6) is 4.75. The van der Waals surface area contributed by atoms with E-state index in [0.717, 1.165) is 11.8 Å². The van der Waals surface area contributed by atoms with Crippen molar-refractivity contribution >= 4 is 11.8 Å². The first-order valence-electron chi connectivity index (χ1n) is 6.14. The van der Waals surface area contributed by atoms with E-state index in [-0.39, 0.29) is 0 Å². The first-order valence-corrected chi connectivity index (χ1v) is 7.30. The van der Waals surface area contributed by atoms with Crippen LogP contribution in [0.3, 0.4) is 0 Å². The molecule has 14 heavy (non-hydrogen) atoms. The zero-order valence-corrected chi connectivity index (χ0v) is 10.2. The zero-order chi connectivity index (χ0) is 9.80. The van der Waals surface area contributed by atoms with E-state index in [9.17, 15) is 0 Å². The molecule has 0 aromatic carbocycles. The summed E-state index contributed by atoms with van der Waals surface area (Å²) < 4.78 is 0. The van der Waals surface area contributed by atoms with E-state index in [1.165, 1.54) is 56.8 Å². The molecule has 0 aromatic rings. The minimum Gasteiger partial charge on any atom is -0.301 e. The summed E-state index contributed by atoms with van der Waals surface area (Å²) in [4.78, 5) is 2.69. The monoisotopic (exact) mass is 213 g/mol. The standard InChI is InChI=1S/C12H23NS/c1-11-2-4-12(5-3-11)10-13-6-8-14-9-7-13/h11-12H,2-10H2,1H3. The van der Waals surface area contributed by atoms with Gasteiger partial charge in [0.15, 0.2) is 0 Å². The predicted octanol–water partition coefficient (Wildman–Crippen LogP) is 2.86. The molecule has 2 fully saturated rings. The summed E-state index contributed by atoms with van der Waals surface area (Å²) in [6, 6.07) is 0. The maximum atomic E-state index is 2.69. The molecule has 2 heteroatoms. The zero-order valence-electron chi connectivity index (χ0n) is 9.37. The molecular weight excluding hydrogens is 190 g/mol. The Labute approximate surface area is 92.6 Å². The maximum Gasteiger partial charge on any atom is 0.00728 e. The molecule has 0 atom stereocenters. The molecule has 2 aliphatic rings. The number of rotatable bonds is 2. The molecule has 82 valence electrons. The largest absolute Gasteiger partial charge is 0.301 e. The highest BCUT2D eigenvalue weighted by atomic mass is 32.2. The molecule has 0 amide bonds. The molecule has 0 spiro atoms. The Balaban J connectivity index is 1.68. The van der Waals surface area contributed by atoms with Gasteiger partial charge in [-0.25, -0.2) is 0 Å². The lowest BCUT2D eigenvalue weighted by Crippen LogP contribution is -2.37. The van der Waals surface area contributed by atoms with Gasteiger partial charge in [-0.15, -0.1) is 0 Å². The second-order valence-corrected chi connectivity index (χ2v) is 6.26. The van der Waals surface area contributed by atoms with Crippen molar-refractivity contribution in [2.75, 3.05) is 31.1 Å². The van der Waals surface area contributed by atoms with Crippen molar-refractivity contribution in [3.05, 3.63) is 0 Å². The molecule has 1 aliphatic heterocycles. The minimum atomic E-state index is 1.00. The van der Waals surface area contributed by atoms with Gasteiger partial charge in [-0.3, -0.25) is 0 Å². The summed E-state index contributed by atoms with van der Waals surface area (Å²) in [5.41, 5.74) is 0. The summed E-state index contributed by atoms with van der Waals surface area (Å²) in [7, 11) is 0. The molecule has 0 N–H and O–H groups in total. The van der Waals surface area contributed by atoms with Crippen LogP contribution in [0.2, 0.25) is 0 Å². The molecule has 1 heterocycles. The molecule has 1 saturated carbocycles. The van der Waals surface area contributed by atoms with Crippen LogP contribution in [0.1, 0.15) is 32.6 Å². The van der Waals surface area contributed by atoms with Gasteiger partial charge in [0.25, 0.3) is 0 Å². The Morgan fingerprint density at radius 2 is 1.71 bits per heavy atom. The second kappa shape index (κ2) is 5.41. The van der Waals surface area contributed by atoms with Gasteiger partial charge in [0.05, 0.1) is 0 Å². The SMILES string of the molecule is CC1CCC(CN2CCSCC2)CC1. The Kier molecular flexibility index (Phi) is 4.18. The van der Waals surface area contributed by atoms with E-state index < -0.39 is 0 Å². The first kappa shape index (κ1) is 10.8. The van der Waals surface area contributed by atoms with Crippen molar-refractivity contribution in [3.8, 4) is 0 Å². The molecule has 0 radical (unpaired) electrons. The summed E-state index contributed by atoms with van der Waals surface area (Å²) in [6.07, 6.45) is 5.94. The third kappa shape index (κ3) is 3.16. The summed E-state index contributed by atoms with van der Waals surface area (Å²) in [6.45, 7) is 6.49. The highest BCUT2D eigenvalue weighted by molar-refractivity contribution is 7.99. The van der Waals surface area contributed by atoms with E-state index in [1.807, 2.05) is 0 Å². The molecule has 1 aliphatic carbocycles. The number of nitrogens with zero attached hydrogens (tertiary/aromatic N) is 1. The van der Waals surface area contributed by atoms with Crippen molar-refractivity contribution < 1.29 is 0 Å². The lowest BCUT2D eigenvalue weighted by molar-refractivity contribution is 0.196. The summed E-state index contributed by atoms with van der Waals surface area (Å²) >= 11 is 2.12. The highest BCUT2D eigenvalue weighted by Gasteiger charge is 2.21. The molecular formula is C12H23NS. The Hall–Kier alpha value is 0.310. The number of thioether (sulfide) groups is 1. The van der Waals surface area contributed by atoms with Crippen LogP contribution in [0, 0.1) is 11.8 Å². The van der Waals surface area contributed by atoms with Gasteiger partial charge in [-0.05, 0) is 24.7 Å². The lowest BCUT2D eigenvalue weighted by Gasteiger charge is -2.33. The Morgan fingerprint density at radius 1 is 1.07 bits per heavy atom. The summed E-state index contributed by atoms with van der Waals surface area (Å²) in [5, 5.41) is 0. The molecule has 0 aromatic heterocycles. The van der Waals surface area contributed by atoms with Gasteiger partial charge in [-0.2, -0.15) is 11.8 Å². The fraction of sp³-hybridized carbons (Fsp3) is 1.00. The maximum absolute atomic E-state index is 2.69. The van der Waals surface area contributed by atoms with Crippen LogP contribution in [0.4, 0.5) is 0 Å². The number of hydrogen-bond donors (Lipinski definition) is 0. The van der Waals surface area contributed by atoms with Crippen LogP contribution in [0.15, 0.2) is 0 Å². The fourth-order valence-corrected chi connectivity index (χ4v) is 3.64. The van der Waals surface area contributed by atoms with Gasteiger partial charge < -0.3 is 4.90 Å². The van der Waals surface area contributed by atoms with Gasteiger partial charge >= 0.3 is 0 Å². The van der Waals surface area contributed by atoms with Crippen molar-refractivity contribution in [1.29, 1.82) is 0 Å². The third-order valence-corrected chi connectivity index (χ3v) is 4.70. The van der Waals surface area contributed by atoms with E-state index in [4.69, 9.17) is 0 Å². The fourth-order valence-electron chi connectivity index (χ4n) is 2.66. The van der Waals surface area contributed by atoms with Crippen molar-refractivity contribution in [3.63, 3.8) is 0 Å². The first-order chi connectivity index (χ1) is 6.84. The Morgan fingerprint density at radius 3 is 2.36 bits per heavy atom. The van der Waals surface area contributed by atoms with Gasteiger partial charge in [0, 0.05) is 31.1 Å². The van der Waals surface area contributed by atoms with Crippen molar-refractivity contribution in [2.24, 2.45) is 11.8 Å². The van der Waals surface area contributed by atoms with Crippen LogP contribution in [0.5, 0.6) is 0 Å². The van der Waals surface area contributed by atoms with E-state index in [1.54, 1.807) is 0 Å². The van der Waals surface area contributed by atoms with Crippen molar-refractivity contribution in [2.45, 2.75) is 32.6 Å². The smallest absolute Gasteiger partial charge is 0.00728 e. The average molecular weight is 213 g/mol. The quantitative estimate of drug-likeness (QED) is 0.694. The van der Waals surface area contributed by atoms with Crippen LogP contribution in [0.25, 0.3) is 0 Å². The average Bonchev–Trinajstić information content (AvgIpc) is 2.23. The van der Waals surface area contributed by atoms with Crippen LogP contribution in [-0.2, 0) is 0 Å². The van der Waals surface area contributed by atoms with E-state index in [2.05, 4.69) is 23.6 Å². The van der Waals surface area contributed by atoms with Crippen molar-refractivity contribution in [1.82, 2.24) is 4.90 Å². The molecule has 1 saturated heterocycles. The lowest BCUT2D eigenvalue weighted by atomic mass is 9.83. The Bertz CT molecular complexity index is 158. The van der Waals surface area contributed by atoms with Gasteiger partial charge in [-0.1, -0.05) is 19.8 Å². The molecule has 0 bridgehead atoms. The highest BCUT2D eigenvalue weighted by Crippen LogP contribution is 2.29. The third-order valence-electron chi connectivity index (χ3n) is 3.76. The molecule has 1 nitrogen and oxygen atoms in total. The van der Waals surface area contributed by atoms with Crippen LogP contribution in [-0.4, -0.2) is 36.0 Å². The van der Waals surface area contributed by atoms with Gasteiger partial charge in [0.2, 0.25) is 0 Å². The van der Waals surface area contributed by atoms with E-state index >= 15 is 0 Å². The second-order valence-electron chi connectivity index (χ2n) is 5.04. The number of hydrogen-bond acceptors (Lipinski definition) is 2. The topological polar surface area (TPSA) is 3.24 Å². The molecule has 0 unspecified atom stereocenters. The minimum absolute atomic E-state index is 1.00. The van der Waals surface area contributed by atoms with Crippen LogP contribution >= 0.6 is 11.8 Å². The van der Waals surface area contributed by atoms with E-state index in [0.29, 0.717) is 0 Å². The molecule has 2 rings (SSSR count). The predicted molar refractivity (Wildman–Crippen MR) is 64.9 cm³/mol. The van der Waals surface area contributed by atoms with Gasteiger partial charge in [0.1, 0.15) is 0 Å².